The highest BCUT2D eigenvalue weighted by Gasteiger charge is 2.38. The fourth-order valence-electron chi connectivity index (χ4n) is 4.00. The number of rotatable bonds is 4. The number of aryl methyl sites for hydroxylation is 1. The normalized spacial score (nSPS) is 28.5. The van der Waals surface area contributed by atoms with Gasteiger partial charge >= 0.3 is 0 Å². The van der Waals surface area contributed by atoms with Crippen LogP contribution in [0.3, 0.4) is 0 Å². The van der Waals surface area contributed by atoms with Gasteiger partial charge in [0.1, 0.15) is 0 Å². The number of hydrogen-bond donors (Lipinski definition) is 1. The molecule has 3 rings (SSSR count). The van der Waals surface area contributed by atoms with E-state index in [1.807, 2.05) is 0 Å². The Labute approximate surface area is 117 Å². The molecule has 1 saturated carbocycles. The van der Waals surface area contributed by atoms with Crippen molar-refractivity contribution in [3.8, 4) is 0 Å². The minimum Gasteiger partial charge on any atom is -0.329 e. The Hall–Kier alpha value is -0.860. The zero-order valence-corrected chi connectivity index (χ0v) is 12.0. The molecule has 1 aliphatic heterocycles. The number of fused-ring (bicyclic) bond motifs is 1. The molecule has 0 bridgehead atoms. The van der Waals surface area contributed by atoms with Crippen LogP contribution in [0, 0.1) is 11.8 Å². The van der Waals surface area contributed by atoms with Gasteiger partial charge in [0.05, 0.1) is 0 Å². The summed E-state index contributed by atoms with van der Waals surface area (Å²) in [4.78, 5) is 2.63. The van der Waals surface area contributed by atoms with E-state index in [1.165, 1.54) is 43.5 Å². The van der Waals surface area contributed by atoms with Gasteiger partial charge in [-0.3, -0.25) is 4.90 Å². The summed E-state index contributed by atoms with van der Waals surface area (Å²) in [6.45, 7) is 5.48. The lowest BCUT2D eigenvalue weighted by atomic mass is 10.0. The molecule has 2 fully saturated rings. The van der Waals surface area contributed by atoms with Crippen LogP contribution in [-0.2, 0) is 6.42 Å². The van der Waals surface area contributed by atoms with Gasteiger partial charge in [-0.15, -0.1) is 0 Å². The monoisotopic (exact) mass is 258 g/mol. The number of nitrogens with zero attached hydrogens (tertiary/aromatic N) is 1. The standard InChI is InChI=1S/C17H26N2/c1-2-13-6-8-14(9-7-13)17(10-18)19-11-15-4-3-5-16(15)12-19/h6-9,15-17H,2-5,10-12,18H2,1H3. The summed E-state index contributed by atoms with van der Waals surface area (Å²) in [5.74, 6) is 1.90. The Kier molecular flexibility index (Phi) is 3.90. The minimum atomic E-state index is 0.427. The topological polar surface area (TPSA) is 29.3 Å². The van der Waals surface area contributed by atoms with Crippen molar-refractivity contribution < 1.29 is 0 Å². The SMILES string of the molecule is CCc1ccc(C(CN)N2CC3CCCC3C2)cc1. The molecule has 2 heteroatoms. The lowest BCUT2D eigenvalue weighted by molar-refractivity contribution is 0.232. The van der Waals surface area contributed by atoms with Gasteiger partial charge in [0.2, 0.25) is 0 Å². The molecule has 19 heavy (non-hydrogen) atoms. The van der Waals surface area contributed by atoms with E-state index in [1.54, 1.807) is 0 Å². The summed E-state index contributed by atoms with van der Waals surface area (Å²) in [5.41, 5.74) is 8.88. The third kappa shape index (κ3) is 2.56. The van der Waals surface area contributed by atoms with Crippen LogP contribution < -0.4 is 5.73 Å². The largest absolute Gasteiger partial charge is 0.329 e. The first-order chi connectivity index (χ1) is 9.31. The van der Waals surface area contributed by atoms with E-state index in [9.17, 15) is 0 Å². The zero-order valence-electron chi connectivity index (χ0n) is 12.0. The van der Waals surface area contributed by atoms with Crippen molar-refractivity contribution in [1.82, 2.24) is 4.90 Å². The summed E-state index contributed by atoms with van der Waals surface area (Å²) in [5, 5.41) is 0. The maximum Gasteiger partial charge on any atom is 0.0470 e. The highest BCUT2D eigenvalue weighted by atomic mass is 15.2. The number of hydrogen-bond acceptors (Lipinski definition) is 2. The van der Waals surface area contributed by atoms with Crippen molar-refractivity contribution in [3.63, 3.8) is 0 Å². The summed E-state index contributed by atoms with van der Waals surface area (Å²) in [6.07, 6.45) is 5.43. The first-order valence-corrected chi connectivity index (χ1v) is 7.84. The number of nitrogens with two attached hydrogens (primary N) is 1. The van der Waals surface area contributed by atoms with Crippen molar-refractivity contribution in [2.45, 2.75) is 38.6 Å². The Morgan fingerprint density at radius 2 is 1.79 bits per heavy atom. The van der Waals surface area contributed by atoms with Crippen LogP contribution in [0.5, 0.6) is 0 Å². The lowest BCUT2D eigenvalue weighted by Crippen LogP contribution is -2.32. The lowest BCUT2D eigenvalue weighted by Gasteiger charge is -2.28. The van der Waals surface area contributed by atoms with Crippen LogP contribution >= 0.6 is 0 Å². The Balaban J connectivity index is 1.73. The van der Waals surface area contributed by atoms with Crippen LogP contribution in [0.4, 0.5) is 0 Å². The fourth-order valence-corrected chi connectivity index (χ4v) is 4.00. The molecule has 0 amide bonds. The molecule has 0 spiro atoms. The molecule has 3 unspecified atom stereocenters. The third-order valence-electron chi connectivity index (χ3n) is 5.19. The van der Waals surface area contributed by atoms with Gasteiger partial charge in [-0.1, -0.05) is 37.6 Å². The first kappa shape index (κ1) is 13.1. The van der Waals surface area contributed by atoms with Gasteiger partial charge in [-0.05, 0) is 42.2 Å². The van der Waals surface area contributed by atoms with E-state index >= 15 is 0 Å². The summed E-state index contributed by atoms with van der Waals surface area (Å²) < 4.78 is 0. The average molecular weight is 258 g/mol. The van der Waals surface area contributed by atoms with Crippen molar-refractivity contribution in [2.75, 3.05) is 19.6 Å². The highest BCUT2D eigenvalue weighted by Crippen LogP contribution is 2.40. The summed E-state index contributed by atoms with van der Waals surface area (Å²) in [6, 6.07) is 9.51. The van der Waals surface area contributed by atoms with Gasteiger partial charge in [-0.25, -0.2) is 0 Å². The molecule has 2 nitrogen and oxygen atoms in total. The molecule has 1 aliphatic carbocycles. The summed E-state index contributed by atoms with van der Waals surface area (Å²) in [7, 11) is 0. The molecule has 2 aliphatic rings. The molecule has 1 saturated heterocycles. The molecular weight excluding hydrogens is 232 g/mol. The Morgan fingerprint density at radius 1 is 1.16 bits per heavy atom. The molecule has 3 atom stereocenters. The van der Waals surface area contributed by atoms with E-state index in [0.29, 0.717) is 6.04 Å². The quantitative estimate of drug-likeness (QED) is 0.899. The van der Waals surface area contributed by atoms with Gasteiger partial charge in [0.25, 0.3) is 0 Å². The molecule has 1 aromatic rings. The molecule has 0 radical (unpaired) electrons. The van der Waals surface area contributed by atoms with E-state index in [2.05, 4.69) is 36.1 Å². The minimum absolute atomic E-state index is 0.427. The van der Waals surface area contributed by atoms with Crippen molar-refractivity contribution in [1.29, 1.82) is 0 Å². The molecule has 0 aromatic heterocycles. The van der Waals surface area contributed by atoms with Crippen molar-refractivity contribution >= 4 is 0 Å². The zero-order chi connectivity index (χ0) is 13.2. The molecule has 104 valence electrons. The van der Waals surface area contributed by atoms with Crippen LogP contribution in [0.15, 0.2) is 24.3 Å². The van der Waals surface area contributed by atoms with E-state index in [-0.39, 0.29) is 0 Å². The van der Waals surface area contributed by atoms with Gasteiger partial charge in [-0.2, -0.15) is 0 Å². The van der Waals surface area contributed by atoms with Crippen molar-refractivity contribution in [2.24, 2.45) is 17.6 Å². The molecule has 1 heterocycles. The number of likely N-dealkylation sites (tertiary alicyclic amines) is 1. The fraction of sp³-hybridized carbons (Fsp3) is 0.647. The van der Waals surface area contributed by atoms with E-state index < -0.39 is 0 Å². The van der Waals surface area contributed by atoms with E-state index in [4.69, 9.17) is 5.73 Å². The maximum absolute atomic E-state index is 6.06. The Bertz CT molecular complexity index is 400. The van der Waals surface area contributed by atoms with Crippen LogP contribution in [0.1, 0.15) is 43.4 Å². The van der Waals surface area contributed by atoms with Crippen LogP contribution in [-0.4, -0.2) is 24.5 Å². The van der Waals surface area contributed by atoms with Gasteiger partial charge in [0, 0.05) is 25.7 Å². The van der Waals surface area contributed by atoms with Crippen LogP contribution in [0.25, 0.3) is 0 Å². The molecule has 1 aromatic carbocycles. The first-order valence-electron chi connectivity index (χ1n) is 7.84. The number of benzene rings is 1. The highest BCUT2D eigenvalue weighted by molar-refractivity contribution is 5.25. The Morgan fingerprint density at radius 3 is 2.32 bits per heavy atom. The predicted molar refractivity (Wildman–Crippen MR) is 80.0 cm³/mol. The van der Waals surface area contributed by atoms with Gasteiger partial charge in [0.15, 0.2) is 0 Å². The van der Waals surface area contributed by atoms with Gasteiger partial charge < -0.3 is 5.73 Å². The van der Waals surface area contributed by atoms with Crippen molar-refractivity contribution in [3.05, 3.63) is 35.4 Å². The second-order valence-corrected chi connectivity index (χ2v) is 6.25. The predicted octanol–water partition coefficient (Wildman–Crippen LogP) is 2.98. The molecule has 2 N–H and O–H groups in total. The third-order valence-corrected chi connectivity index (χ3v) is 5.19. The second-order valence-electron chi connectivity index (χ2n) is 6.25. The second kappa shape index (κ2) is 5.64. The summed E-state index contributed by atoms with van der Waals surface area (Å²) >= 11 is 0. The average Bonchev–Trinajstić information content (AvgIpc) is 3.02. The maximum atomic E-state index is 6.06. The van der Waals surface area contributed by atoms with E-state index in [0.717, 1.165) is 24.8 Å². The smallest absolute Gasteiger partial charge is 0.0470 e. The van der Waals surface area contributed by atoms with Crippen LogP contribution in [0.2, 0.25) is 0 Å². The molecular formula is C17H26N2.